The molecule has 0 fully saturated rings. The molecule has 0 atom stereocenters. The summed E-state index contributed by atoms with van der Waals surface area (Å²) in [6.45, 7) is 2.49. The lowest BCUT2D eigenvalue weighted by molar-refractivity contribution is 0.464. The van der Waals surface area contributed by atoms with Crippen LogP contribution in [0.5, 0.6) is 10.9 Å². The van der Waals surface area contributed by atoms with Crippen LogP contribution in [0.3, 0.4) is 0 Å². The lowest BCUT2D eigenvalue weighted by Crippen LogP contribution is -2.04. The van der Waals surface area contributed by atoms with Crippen molar-refractivity contribution in [2.24, 2.45) is 0 Å². The predicted molar refractivity (Wildman–Crippen MR) is 63.9 cm³/mol. The molecule has 4 nitrogen and oxygen atoms in total. The molecule has 17 heavy (non-hydrogen) atoms. The summed E-state index contributed by atoms with van der Waals surface area (Å²) in [5, 5.41) is 12.1. The largest absolute Gasteiger partial charge is 0.429 e. The summed E-state index contributed by atoms with van der Waals surface area (Å²) in [5.74, 6) is 0.141. The number of hydrogen-bond donors (Lipinski definition) is 1. The van der Waals surface area contributed by atoms with Crippen molar-refractivity contribution in [3.05, 3.63) is 34.6 Å². The summed E-state index contributed by atoms with van der Waals surface area (Å²) >= 11 is 1.34. The van der Waals surface area contributed by atoms with Crippen LogP contribution in [0.25, 0.3) is 0 Å². The summed E-state index contributed by atoms with van der Waals surface area (Å²) in [6.07, 6.45) is 0. The van der Waals surface area contributed by atoms with Crippen LogP contribution in [0.1, 0.15) is 10.6 Å². The molecule has 1 aromatic carbocycles. The number of nitrogens with zero attached hydrogens (tertiary/aromatic N) is 2. The van der Waals surface area contributed by atoms with Crippen molar-refractivity contribution < 1.29 is 9.13 Å². The molecule has 0 aliphatic heterocycles. The number of benzene rings is 1. The van der Waals surface area contributed by atoms with Gasteiger partial charge in [-0.1, -0.05) is 22.5 Å². The first-order valence-corrected chi connectivity index (χ1v) is 5.91. The van der Waals surface area contributed by atoms with Gasteiger partial charge in [-0.15, -0.1) is 5.10 Å². The molecule has 0 saturated carbocycles. The highest BCUT2D eigenvalue weighted by molar-refractivity contribution is 7.13. The third-order valence-electron chi connectivity index (χ3n) is 2.12. The van der Waals surface area contributed by atoms with Crippen molar-refractivity contribution in [2.45, 2.75) is 13.5 Å². The van der Waals surface area contributed by atoms with Crippen molar-refractivity contribution in [3.63, 3.8) is 0 Å². The van der Waals surface area contributed by atoms with Crippen molar-refractivity contribution in [2.75, 3.05) is 7.05 Å². The van der Waals surface area contributed by atoms with Crippen LogP contribution in [0.2, 0.25) is 0 Å². The molecule has 0 saturated heterocycles. The number of aryl methyl sites for hydroxylation is 1. The highest BCUT2D eigenvalue weighted by Crippen LogP contribution is 2.27. The van der Waals surface area contributed by atoms with Crippen LogP contribution < -0.4 is 10.1 Å². The fraction of sp³-hybridized carbons (Fsp3) is 0.273. The Kier molecular flexibility index (Phi) is 3.65. The van der Waals surface area contributed by atoms with Crippen molar-refractivity contribution in [3.8, 4) is 10.9 Å². The molecule has 0 aliphatic carbocycles. The molecule has 0 unspecified atom stereocenters. The second-order valence-corrected chi connectivity index (χ2v) is 4.53. The molecule has 0 bridgehead atoms. The van der Waals surface area contributed by atoms with Gasteiger partial charge in [0.1, 0.15) is 16.6 Å². The smallest absolute Gasteiger partial charge is 0.299 e. The van der Waals surface area contributed by atoms with Gasteiger partial charge in [-0.05, 0) is 25.6 Å². The summed E-state index contributed by atoms with van der Waals surface area (Å²) in [7, 11) is 1.83. The Morgan fingerprint density at radius 3 is 3.00 bits per heavy atom. The van der Waals surface area contributed by atoms with Gasteiger partial charge in [0.15, 0.2) is 0 Å². The second kappa shape index (κ2) is 5.20. The Morgan fingerprint density at radius 1 is 1.41 bits per heavy atom. The molecule has 0 aliphatic rings. The molecule has 2 aromatic rings. The molecular formula is C11H12FN3OS. The van der Waals surface area contributed by atoms with Gasteiger partial charge < -0.3 is 10.1 Å². The van der Waals surface area contributed by atoms with Crippen molar-refractivity contribution in [1.29, 1.82) is 0 Å². The maximum Gasteiger partial charge on any atom is 0.299 e. The zero-order valence-corrected chi connectivity index (χ0v) is 10.3. The fourth-order valence-electron chi connectivity index (χ4n) is 1.28. The number of rotatable bonds is 4. The minimum Gasteiger partial charge on any atom is -0.429 e. The van der Waals surface area contributed by atoms with Gasteiger partial charge in [-0.25, -0.2) is 4.39 Å². The van der Waals surface area contributed by atoms with Crippen LogP contribution >= 0.6 is 11.3 Å². The van der Waals surface area contributed by atoms with E-state index in [1.807, 2.05) is 14.0 Å². The number of nitrogens with one attached hydrogen (secondary N) is 1. The van der Waals surface area contributed by atoms with E-state index in [1.54, 1.807) is 6.07 Å². The lowest BCUT2D eigenvalue weighted by Gasteiger charge is -2.04. The van der Waals surface area contributed by atoms with Crippen LogP contribution in [0.15, 0.2) is 18.2 Å². The Balaban J connectivity index is 2.16. The molecular weight excluding hydrogens is 241 g/mol. The quantitative estimate of drug-likeness (QED) is 0.909. The van der Waals surface area contributed by atoms with Gasteiger partial charge in [-0.3, -0.25) is 0 Å². The first-order valence-electron chi connectivity index (χ1n) is 5.10. The number of hydrogen-bond acceptors (Lipinski definition) is 5. The van der Waals surface area contributed by atoms with E-state index in [2.05, 4.69) is 15.5 Å². The Morgan fingerprint density at radius 2 is 2.24 bits per heavy atom. The number of halogens is 1. The van der Waals surface area contributed by atoms with Crippen LogP contribution in [-0.4, -0.2) is 17.2 Å². The highest BCUT2D eigenvalue weighted by atomic mass is 32.1. The van der Waals surface area contributed by atoms with Gasteiger partial charge in [0.05, 0.1) is 0 Å². The van der Waals surface area contributed by atoms with E-state index in [-0.39, 0.29) is 5.82 Å². The first-order chi connectivity index (χ1) is 8.19. The third kappa shape index (κ3) is 2.98. The fourth-order valence-corrected chi connectivity index (χ4v) is 1.99. The Hall–Kier alpha value is -1.53. The molecule has 0 amide bonds. The van der Waals surface area contributed by atoms with E-state index < -0.39 is 0 Å². The second-order valence-electron chi connectivity index (χ2n) is 3.50. The van der Waals surface area contributed by atoms with Crippen molar-refractivity contribution >= 4 is 11.3 Å². The van der Waals surface area contributed by atoms with Crippen LogP contribution in [-0.2, 0) is 6.54 Å². The predicted octanol–water partition coefficient (Wildman–Crippen LogP) is 2.50. The van der Waals surface area contributed by atoms with E-state index in [4.69, 9.17) is 4.74 Å². The molecule has 90 valence electrons. The SMILES string of the molecule is CNCc1nnc(Oc2cc(F)ccc2C)s1. The zero-order valence-electron chi connectivity index (χ0n) is 9.53. The molecule has 1 N–H and O–H groups in total. The number of aromatic nitrogens is 2. The van der Waals surface area contributed by atoms with Crippen LogP contribution in [0.4, 0.5) is 4.39 Å². The van der Waals surface area contributed by atoms with Gasteiger partial charge in [0.2, 0.25) is 0 Å². The van der Waals surface area contributed by atoms with Gasteiger partial charge >= 0.3 is 0 Å². The number of ether oxygens (including phenoxy) is 1. The monoisotopic (exact) mass is 253 g/mol. The molecule has 6 heteroatoms. The average molecular weight is 253 g/mol. The topological polar surface area (TPSA) is 47.0 Å². The summed E-state index contributed by atoms with van der Waals surface area (Å²) in [5.41, 5.74) is 0.858. The average Bonchev–Trinajstić information content (AvgIpc) is 2.72. The molecule has 2 rings (SSSR count). The highest BCUT2D eigenvalue weighted by Gasteiger charge is 2.08. The molecule has 0 radical (unpaired) electrons. The van der Waals surface area contributed by atoms with E-state index in [1.165, 1.54) is 23.5 Å². The van der Waals surface area contributed by atoms with Crippen molar-refractivity contribution in [1.82, 2.24) is 15.5 Å². The maximum atomic E-state index is 13.1. The standard InChI is InChI=1S/C11H12FN3OS/c1-7-3-4-8(12)5-9(7)16-11-15-14-10(17-11)6-13-2/h3-5,13H,6H2,1-2H3. The Labute approximate surface area is 102 Å². The molecule has 1 aromatic heterocycles. The summed E-state index contributed by atoms with van der Waals surface area (Å²) in [4.78, 5) is 0. The lowest BCUT2D eigenvalue weighted by atomic mass is 10.2. The van der Waals surface area contributed by atoms with Gasteiger partial charge in [0, 0.05) is 12.6 Å². The van der Waals surface area contributed by atoms with E-state index >= 15 is 0 Å². The zero-order chi connectivity index (χ0) is 12.3. The van der Waals surface area contributed by atoms with E-state index in [0.717, 1.165) is 10.6 Å². The van der Waals surface area contributed by atoms with E-state index in [9.17, 15) is 4.39 Å². The minimum atomic E-state index is -0.328. The third-order valence-corrected chi connectivity index (χ3v) is 2.92. The molecule has 0 spiro atoms. The maximum absolute atomic E-state index is 13.1. The van der Waals surface area contributed by atoms with Crippen LogP contribution in [0, 0.1) is 12.7 Å². The minimum absolute atomic E-state index is 0.328. The summed E-state index contributed by atoms with van der Waals surface area (Å²) < 4.78 is 18.5. The Bertz CT molecular complexity index is 515. The normalized spacial score (nSPS) is 10.5. The summed E-state index contributed by atoms with van der Waals surface area (Å²) in [6, 6.07) is 4.41. The molecule has 1 heterocycles. The van der Waals surface area contributed by atoms with Gasteiger partial charge in [-0.2, -0.15) is 0 Å². The van der Waals surface area contributed by atoms with Gasteiger partial charge in [0.25, 0.3) is 5.19 Å². The van der Waals surface area contributed by atoms with E-state index in [0.29, 0.717) is 17.5 Å². The first kappa shape index (κ1) is 11.9.